The Morgan fingerprint density at radius 1 is 1.04 bits per heavy atom. The van der Waals surface area contributed by atoms with Crippen LogP contribution in [0, 0.1) is 5.82 Å². The van der Waals surface area contributed by atoms with Gasteiger partial charge in [0.15, 0.2) is 0 Å². The number of hydrogen-bond donors (Lipinski definition) is 0. The molecule has 0 atom stereocenters. The van der Waals surface area contributed by atoms with E-state index in [1.54, 1.807) is 30.3 Å². The predicted octanol–water partition coefficient (Wildman–Crippen LogP) is 3.21. The highest BCUT2D eigenvalue weighted by atomic mass is 32.2. The van der Waals surface area contributed by atoms with Crippen molar-refractivity contribution in [1.82, 2.24) is 4.98 Å². The summed E-state index contributed by atoms with van der Waals surface area (Å²) in [6, 6.07) is 13.4. The van der Waals surface area contributed by atoms with Crippen LogP contribution in [-0.2, 0) is 16.6 Å². The van der Waals surface area contributed by atoms with Gasteiger partial charge in [-0.1, -0.05) is 18.2 Å². The predicted molar refractivity (Wildman–Crippen MR) is 82.7 cm³/mol. The summed E-state index contributed by atoms with van der Waals surface area (Å²) in [5, 5.41) is 0. The molecule has 0 spiro atoms. The first kappa shape index (κ1) is 15.2. The van der Waals surface area contributed by atoms with Crippen LogP contribution in [-0.4, -0.2) is 13.4 Å². The molecule has 0 saturated carbocycles. The summed E-state index contributed by atoms with van der Waals surface area (Å²) in [6.07, 6.45) is 2.92. The molecular formula is C16H13FN2O3S. The molecule has 0 aliphatic heterocycles. The lowest BCUT2D eigenvalue weighted by Gasteiger charge is -2.22. The molecule has 0 radical (unpaired) electrons. The monoisotopic (exact) mass is 332 g/mol. The van der Waals surface area contributed by atoms with Gasteiger partial charge in [-0.15, -0.1) is 0 Å². The van der Waals surface area contributed by atoms with Gasteiger partial charge in [-0.3, -0.25) is 0 Å². The number of rotatable bonds is 5. The van der Waals surface area contributed by atoms with Crippen molar-refractivity contribution >= 4 is 15.8 Å². The molecular weight excluding hydrogens is 319 g/mol. The van der Waals surface area contributed by atoms with Crippen molar-refractivity contribution in [2.24, 2.45) is 0 Å². The van der Waals surface area contributed by atoms with Crippen LogP contribution in [0.4, 0.5) is 10.2 Å². The van der Waals surface area contributed by atoms with Gasteiger partial charge in [0.25, 0.3) is 10.0 Å². The number of hydrogen-bond acceptors (Lipinski definition) is 4. The van der Waals surface area contributed by atoms with E-state index in [0.717, 1.165) is 10.4 Å². The van der Waals surface area contributed by atoms with Crippen molar-refractivity contribution in [1.29, 1.82) is 0 Å². The van der Waals surface area contributed by atoms with Gasteiger partial charge in [0, 0.05) is 6.20 Å². The largest absolute Gasteiger partial charge is 0.467 e. The highest BCUT2D eigenvalue weighted by Crippen LogP contribution is 2.25. The quantitative estimate of drug-likeness (QED) is 0.720. The maximum absolute atomic E-state index is 14.0. The fourth-order valence-electron chi connectivity index (χ4n) is 2.11. The third-order valence-corrected chi connectivity index (χ3v) is 4.97. The normalized spacial score (nSPS) is 11.3. The van der Waals surface area contributed by atoms with Gasteiger partial charge in [0.05, 0.1) is 12.8 Å². The number of anilines is 1. The first-order chi connectivity index (χ1) is 11.1. The van der Waals surface area contributed by atoms with E-state index >= 15 is 0 Å². The Hall–Kier alpha value is -2.67. The van der Waals surface area contributed by atoms with Crippen molar-refractivity contribution in [2.75, 3.05) is 4.31 Å². The lowest BCUT2D eigenvalue weighted by Crippen LogP contribution is -2.31. The topological polar surface area (TPSA) is 63.4 Å². The Kier molecular flexibility index (Phi) is 4.12. The van der Waals surface area contributed by atoms with Crippen LogP contribution in [0.1, 0.15) is 5.76 Å². The van der Waals surface area contributed by atoms with Crippen LogP contribution in [0.5, 0.6) is 0 Å². The molecule has 0 bridgehead atoms. The van der Waals surface area contributed by atoms with Gasteiger partial charge >= 0.3 is 0 Å². The van der Waals surface area contributed by atoms with Crippen molar-refractivity contribution in [3.8, 4) is 0 Å². The summed E-state index contributed by atoms with van der Waals surface area (Å²) in [4.78, 5) is 3.66. The highest BCUT2D eigenvalue weighted by Gasteiger charge is 2.29. The molecule has 7 heteroatoms. The average molecular weight is 332 g/mol. The van der Waals surface area contributed by atoms with Gasteiger partial charge in [0.1, 0.15) is 22.3 Å². The molecule has 1 aromatic carbocycles. The van der Waals surface area contributed by atoms with Gasteiger partial charge in [-0.05, 0) is 36.4 Å². The zero-order valence-corrected chi connectivity index (χ0v) is 12.8. The molecule has 0 amide bonds. The van der Waals surface area contributed by atoms with Crippen LogP contribution >= 0.6 is 0 Å². The van der Waals surface area contributed by atoms with Gasteiger partial charge in [0.2, 0.25) is 0 Å². The zero-order chi connectivity index (χ0) is 16.3. The Bertz CT molecular complexity index is 881. The van der Waals surface area contributed by atoms with Crippen LogP contribution in [0.25, 0.3) is 0 Å². The third kappa shape index (κ3) is 3.09. The standard InChI is InChI=1S/C16H13FN2O3S/c17-14-7-1-2-8-15(14)23(20,21)19(12-13-6-5-11-22-13)16-9-3-4-10-18-16/h1-11H,12H2. The number of aromatic nitrogens is 1. The van der Waals surface area contributed by atoms with Crippen molar-refractivity contribution in [3.63, 3.8) is 0 Å². The van der Waals surface area contributed by atoms with Crippen LogP contribution in [0.15, 0.2) is 76.4 Å². The van der Waals surface area contributed by atoms with E-state index in [-0.39, 0.29) is 12.4 Å². The maximum atomic E-state index is 14.0. The first-order valence-corrected chi connectivity index (χ1v) is 8.24. The van der Waals surface area contributed by atoms with E-state index in [4.69, 9.17) is 4.42 Å². The van der Waals surface area contributed by atoms with Crippen molar-refractivity contribution in [2.45, 2.75) is 11.4 Å². The van der Waals surface area contributed by atoms with Crippen LogP contribution in [0.2, 0.25) is 0 Å². The summed E-state index contributed by atoms with van der Waals surface area (Å²) < 4.78 is 46.0. The molecule has 2 aromatic heterocycles. The smallest absolute Gasteiger partial charge is 0.268 e. The Labute approximate surface area is 133 Å². The molecule has 0 unspecified atom stereocenters. The van der Waals surface area contributed by atoms with E-state index in [0.29, 0.717) is 5.76 Å². The van der Waals surface area contributed by atoms with Gasteiger partial charge in [-0.2, -0.15) is 0 Å². The minimum atomic E-state index is -4.13. The number of furan rings is 1. The lowest BCUT2D eigenvalue weighted by atomic mass is 10.3. The number of benzene rings is 1. The molecule has 0 N–H and O–H groups in total. The van der Waals surface area contributed by atoms with Crippen molar-refractivity contribution < 1.29 is 17.2 Å². The Balaban J connectivity index is 2.09. The highest BCUT2D eigenvalue weighted by molar-refractivity contribution is 7.92. The third-order valence-electron chi connectivity index (χ3n) is 3.19. The zero-order valence-electron chi connectivity index (χ0n) is 12.0. The molecule has 2 heterocycles. The van der Waals surface area contributed by atoms with E-state index < -0.39 is 20.7 Å². The number of halogens is 1. The molecule has 0 saturated heterocycles. The van der Waals surface area contributed by atoms with E-state index in [2.05, 4.69) is 4.98 Å². The van der Waals surface area contributed by atoms with E-state index in [1.807, 2.05) is 0 Å². The molecule has 0 fully saturated rings. The van der Waals surface area contributed by atoms with Gasteiger partial charge in [-0.25, -0.2) is 22.1 Å². The van der Waals surface area contributed by atoms with Crippen LogP contribution < -0.4 is 4.31 Å². The Morgan fingerprint density at radius 2 is 1.83 bits per heavy atom. The molecule has 3 rings (SSSR count). The fraction of sp³-hybridized carbons (Fsp3) is 0.0625. The van der Waals surface area contributed by atoms with Gasteiger partial charge < -0.3 is 4.42 Å². The number of pyridine rings is 1. The average Bonchev–Trinajstić information content (AvgIpc) is 3.07. The summed E-state index contributed by atoms with van der Waals surface area (Å²) in [6.45, 7) is -0.0827. The number of sulfonamides is 1. The van der Waals surface area contributed by atoms with Crippen molar-refractivity contribution in [3.05, 3.63) is 78.6 Å². The molecule has 0 aliphatic rings. The molecule has 118 valence electrons. The lowest BCUT2D eigenvalue weighted by molar-refractivity contribution is 0.506. The second kappa shape index (κ2) is 6.21. The SMILES string of the molecule is O=S(=O)(c1ccccc1F)N(Cc1ccco1)c1ccccn1. The number of nitrogens with zero attached hydrogens (tertiary/aromatic N) is 2. The summed E-state index contributed by atoms with van der Waals surface area (Å²) >= 11 is 0. The van der Waals surface area contributed by atoms with E-state index in [1.165, 1.54) is 30.7 Å². The minimum absolute atomic E-state index is 0.0827. The Morgan fingerprint density at radius 3 is 2.48 bits per heavy atom. The maximum Gasteiger partial charge on any atom is 0.268 e. The van der Waals surface area contributed by atoms with E-state index in [9.17, 15) is 12.8 Å². The summed E-state index contributed by atoms with van der Waals surface area (Å²) in [7, 11) is -4.13. The summed E-state index contributed by atoms with van der Waals surface area (Å²) in [5.41, 5.74) is 0. The first-order valence-electron chi connectivity index (χ1n) is 6.80. The second-order valence-electron chi connectivity index (χ2n) is 4.71. The second-order valence-corrected chi connectivity index (χ2v) is 6.54. The summed E-state index contributed by atoms with van der Waals surface area (Å²) in [5.74, 6) is -0.199. The fourth-order valence-corrected chi connectivity index (χ4v) is 3.56. The molecule has 0 aliphatic carbocycles. The van der Waals surface area contributed by atoms with Crippen LogP contribution in [0.3, 0.4) is 0 Å². The molecule has 3 aromatic rings. The minimum Gasteiger partial charge on any atom is -0.467 e. The molecule has 23 heavy (non-hydrogen) atoms. The molecule has 5 nitrogen and oxygen atoms in total.